The zero-order chi connectivity index (χ0) is 30.0. The number of hydrogen-bond acceptors (Lipinski definition) is 10. The number of phenols is 1. The molecule has 11 nitrogen and oxygen atoms in total. The van der Waals surface area contributed by atoms with E-state index in [0.717, 1.165) is 25.7 Å². The van der Waals surface area contributed by atoms with Gasteiger partial charge in [0.1, 0.15) is 28.9 Å². The summed E-state index contributed by atoms with van der Waals surface area (Å²) < 4.78 is 6.19. The zero-order valence-electron chi connectivity index (χ0n) is 23.3. The number of hydrogen-bond donors (Lipinski definition) is 5. The number of aliphatic hydroxyl groups is 3. The smallest absolute Gasteiger partial charge is 0.309 e. The highest BCUT2D eigenvalue weighted by Gasteiger charge is 2.69. The quantitative estimate of drug-likeness (QED) is 0.204. The number of esters is 1. The Morgan fingerprint density at radius 2 is 1.68 bits per heavy atom. The first-order chi connectivity index (χ1) is 19.3. The molecule has 4 aliphatic carbocycles. The third-order valence-corrected chi connectivity index (χ3v) is 9.41. The molecule has 1 aromatic rings. The maximum Gasteiger partial charge on any atom is 0.309 e. The summed E-state index contributed by atoms with van der Waals surface area (Å²) in [6, 6.07) is 3.19. The molecule has 0 heterocycles. The minimum absolute atomic E-state index is 0.0230. The first-order valence-electron chi connectivity index (χ1n) is 14.0. The Bertz CT molecular complexity index is 1390. The molecule has 1 unspecified atom stereocenters. The molecule has 1 aromatic carbocycles. The van der Waals surface area contributed by atoms with Gasteiger partial charge in [0.2, 0.25) is 5.78 Å². The van der Waals surface area contributed by atoms with Crippen LogP contribution >= 0.6 is 0 Å². The normalized spacial score (nSPS) is 32.3. The standard InChI is InChI=1S/C30H36N2O9/c1-13-15-11-8-12-16(33)18(15)23(34)19-17(13)25(41-29(39)14-9-6-4-5-7-10-14)21-22(32(2)3)24(35)20(28(31)38)27(37)30(21,40)26(19)36/h8,11-14,17,21-22,25,33-34,37,40H,4-7,9-10H2,1-3H3,(H2,31,38)/t13-,17+,21+,22?,25-,30-/m0/s1. The highest BCUT2D eigenvalue weighted by atomic mass is 16.5. The number of benzene rings is 1. The summed E-state index contributed by atoms with van der Waals surface area (Å²) in [5, 5.41) is 45.4. The van der Waals surface area contributed by atoms with Crippen LogP contribution in [0.4, 0.5) is 0 Å². The summed E-state index contributed by atoms with van der Waals surface area (Å²) >= 11 is 0. The molecule has 0 bridgehead atoms. The van der Waals surface area contributed by atoms with E-state index in [1.54, 1.807) is 19.1 Å². The Morgan fingerprint density at radius 3 is 2.27 bits per heavy atom. The van der Waals surface area contributed by atoms with Crippen LogP contribution in [0.15, 0.2) is 35.1 Å². The number of carbonyl (C=O) groups is 4. The van der Waals surface area contributed by atoms with E-state index in [9.17, 15) is 39.6 Å². The minimum atomic E-state index is -2.94. The van der Waals surface area contributed by atoms with E-state index >= 15 is 0 Å². The molecule has 4 aliphatic rings. The molecule has 2 saturated carbocycles. The van der Waals surface area contributed by atoms with Crippen molar-refractivity contribution >= 4 is 29.2 Å². The Kier molecular flexibility index (Phi) is 7.23. The van der Waals surface area contributed by atoms with Gasteiger partial charge in [-0.05, 0) is 44.5 Å². The molecule has 0 radical (unpaired) electrons. The van der Waals surface area contributed by atoms with Gasteiger partial charge in [-0.2, -0.15) is 0 Å². The third-order valence-electron chi connectivity index (χ3n) is 9.41. The second-order valence-electron chi connectivity index (χ2n) is 11.9. The minimum Gasteiger partial charge on any atom is -0.508 e. The number of likely N-dealkylation sites (N-methyl/N-ethyl adjacent to an activating group) is 1. The first-order valence-corrected chi connectivity index (χ1v) is 14.0. The average Bonchev–Trinajstić information content (AvgIpc) is 3.20. The maximum atomic E-state index is 14.3. The lowest BCUT2D eigenvalue weighted by atomic mass is 9.54. The fourth-order valence-electron chi connectivity index (χ4n) is 7.43. The molecule has 0 aliphatic heterocycles. The van der Waals surface area contributed by atoms with Gasteiger partial charge in [-0.15, -0.1) is 0 Å². The second-order valence-corrected chi connectivity index (χ2v) is 11.9. The molecular weight excluding hydrogens is 532 g/mol. The van der Waals surface area contributed by atoms with E-state index in [0.29, 0.717) is 18.4 Å². The molecule has 6 N–H and O–H groups in total. The molecule has 0 saturated heterocycles. The number of Topliss-reactive ketones (excluding diaryl/α,β-unsaturated/α-hetero) is 2. The van der Waals surface area contributed by atoms with Crippen LogP contribution in [0.5, 0.6) is 5.75 Å². The second kappa shape index (κ2) is 10.3. The Labute approximate surface area is 237 Å². The van der Waals surface area contributed by atoms with Gasteiger partial charge in [0.05, 0.1) is 23.4 Å². The predicted molar refractivity (Wildman–Crippen MR) is 145 cm³/mol. The van der Waals surface area contributed by atoms with Crippen LogP contribution in [0.1, 0.15) is 62.5 Å². The van der Waals surface area contributed by atoms with Gasteiger partial charge in [0.25, 0.3) is 5.91 Å². The van der Waals surface area contributed by atoms with E-state index in [1.807, 2.05) is 0 Å². The molecule has 6 atom stereocenters. The van der Waals surface area contributed by atoms with Gasteiger partial charge in [-0.1, -0.05) is 44.7 Å². The van der Waals surface area contributed by atoms with Crippen molar-refractivity contribution in [3.8, 4) is 5.75 Å². The van der Waals surface area contributed by atoms with Gasteiger partial charge < -0.3 is 30.9 Å². The van der Waals surface area contributed by atoms with Crippen molar-refractivity contribution in [1.82, 2.24) is 4.90 Å². The number of primary amides is 1. The molecule has 0 spiro atoms. The largest absolute Gasteiger partial charge is 0.508 e. The number of phenolic OH excluding ortho intramolecular Hbond substituents is 1. The van der Waals surface area contributed by atoms with Gasteiger partial charge in [0, 0.05) is 11.5 Å². The number of aliphatic hydroxyl groups excluding tert-OH is 2. The molecule has 2 fully saturated rings. The van der Waals surface area contributed by atoms with Crippen LogP contribution in [0.3, 0.4) is 0 Å². The van der Waals surface area contributed by atoms with Gasteiger partial charge in [-0.25, -0.2) is 0 Å². The fraction of sp³-hybridized carbons (Fsp3) is 0.533. The van der Waals surface area contributed by atoms with Crippen LogP contribution in [-0.2, 0) is 23.9 Å². The summed E-state index contributed by atoms with van der Waals surface area (Å²) in [6.45, 7) is 1.74. The number of carbonyl (C=O) groups excluding carboxylic acids is 4. The van der Waals surface area contributed by atoms with Crippen LogP contribution in [0, 0.1) is 17.8 Å². The Hall–Kier alpha value is -3.70. The summed E-state index contributed by atoms with van der Waals surface area (Å²) in [5.74, 6) is -9.84. The van der Waals surface area contributed by atoms with Crippen molar-refractivity contribution in [3.63, 3.8) is 0 Å². The Morgan fingerprint density at radius 1 is 1.05 bits per heavy atom. The number of fused-ring (bicyclic) bond motifs is 3. The molecule has 220 valence electrons. The SMILES string of the molecule is C[C@H]1c2cccc(O)c2C(O)=C2C(=O)[C@]3(O)C(O)=C(C(N)=O)C(=O)C(N(C)C)[C@@H]3[C@@H](OC(=O)C3CCCCCC3)[C@@H]21. The number of ketones is 2. The summed E-state index contributed by atoms with van der Waals surface area (Å²) in [5.41, 5.74) is 1.64. The number of amides is 1. The van der Waals surface area contributed by atoms with Crippen molar-refractivity contribution in [2.24, 2.45) is 23.5 Å². The van der Waals surface area contributed by atoms with Gasteiger partial charge in [0.15, 0.2) is 11.4 Å². The van der Waals surface area contributed by atoms with Crippen LogP contribution < -0.4 is 5.73 Å². The molecular formula is C30H36N2O9. The van der Waals surface area contributed by atoms with E-state index in [1.165, 1.54) is 25.1 Å². The van der Waals surface area contributed by atoms with Crippen molar-refractivity contribution in [2.75, 3.05) is 14.1 Å². The Balaban J connectivity index is 1.78. The summed E-state index contributed by atoms with van der Waals surface area (Å²) in [4.78, 5) is 55.3. The highest BCUT2D eigenvalue weighted by Crippen LogP contribution is 2.57. The number of rotatable bonds is 4. The van der Waals surface area contributed by atoms with E-state index in [-0.39, 0.29) is 16.9 Å². The van der Waals surface area contributed by atoms with E-state index in [4.69, 9.17) is 10.5 Å². The van der Waals surface area contributed by atoms with Crippen molar-refractivity contribution in [2.45, 2.75) is 69.1 Å². The van der Waals surface area contributed by atoms with Gasteiger partial charge >= 0.3 is 5.97 Å². The maximum absolute atomic E-state index is 14.3. The monoisotopic (exact) mass is 568 g/mol. The molecule has 5 rings (SSSR count). The summed E-state index contributed by atoms with van der Waals surface area (Å²) in [7, 11) is 3.00. The topological polar surface area (TPSA) is 188 Å². The van der Waals surface area contributed by atoms with Crippen LogP contribution in [0.2, 0.25) is 0 Å². The summed E-state index contributed by atoms with van der Waals surface area (Å²) in [6.07, 6.45) is 3.43. The number of ether oxygens (including phenoxy) is 1. The van der Waals surface area contributed by atoms with E-state index in [2.05, 4.69) is 0 Å². The lowest BCUT2D eigenvalue weighted by Gasteiger charge is -2.54. The van der Waals surface area contributed by atoms with Crippen molar-refractivity contribution in [1.29, 1.82) is 0 Å². The van der Waals surface area contributed by atoms with E-state index < -0.39 is 82.0 Å². The molecule has 1 amide bonds. The van der Waals surface area contributed by atoms with Crippen LogP contribution in [0.25, 0.3) is 5.76 Å². The zero-order valence-corrected chi connectivity index (χ0v) is 23.3. The number of aromatic hydroxyl groups is 1. The lowest BCUT2D eigenvalue weighted by molar-refractivity contribution is -0.188. The highest BCUT2D eigenvalue weighted by molar-refractivity contribution is 6.24. The number of nitrogens with two attached hydrogens (primary N) is 1. The molecule has 41 heavy (non-hydrogen) atoms. The fourth-order valence-corrected chi connectivity index (χ4v) is 7.43. The molecule has 0 aromatic heterocycles. The van der Waals surface area contributed by atoms with Crippen molar-refractivity contribution < 1.29 is 44.3 Å². The molecule has 11 heteroatoms. The van der Waals surface area contributed by atoms with Gasteiger partial charge in [-0.3, -0.25) is 24.1 Å². The third kappa shape index (κ3) is 4.16. The lowest BCUT2D eigenvalue weighted by Crippen LogP contribution is -2.71. The number of nitrogens with zero attached hydrogens (tertiary/aromatic N) is 1. The average molecular weight is 569 g/mol. The first kappa shape index (κ1) is 28.8. The predicted octanol–water partition coefficient (Wildman–Crippen LogP) is 2.02. The van der Waals surface area contributed by atoms with Crippen molar-refractivity contribution in [3.05, 3.63) is 46.2 Å². The van der Waals surface area contributed by atoms with Crippen LogP contribution in [-0.4, -0.2) is 80.6 Å².